The van der Waals surface area contributed by atoms with Crippen molar-refractivity contribution < 1.29 is 18.8 Å². The van der Waals surface area contributed by atoms with Gasteiger partial charge in [0.15, 0.2) is 5.78 Å². The Morgan fingerprint density at radius 2 is 1.62 bits per heavy atom. The molecule has 148 valence electrons. The molecule has 0 N–H and O–H groups in total. The maximum atomic E-state index is 13.4. The number of Topliss-reactive ketones (excluding diaryl/α,β-unsaturated/α-hetero) is 1. The first kappa shape index (κ1) is 18.5. The lowest BCUT2D eigenvalue weighted by Crippen LogP contribution is -2.46. The topological polar surface area (TPSA) is 57.7 Å². The molecule has 3 aliphatic rings. The third-order valence-corrected chi connectivity index (χ3v) is 6.59. The highest BCUT2D eigenvalue weighted by Crippen LogP contribution is 2.48. The minimum Gasteiger partial charge on any atom is -0.292 e. The quantitative estimate of drug-likeness (QED) is 0.573. The number of fused-ring (bicyclic) bond motifs is 3. The molecule has 2 amide bonds. The van der Waals surface area contributed by atoms with Crippen molar-refractivity contribution in [1.29, 1.82) is 0 Å². The van der Waals surface area contributed by atoms with E-state index in [2.05, 4.69) is 0 Å². The zero-order valence-corrected chi connectivity index (χ0v) is 16.2. The molecule has 0 bridgehead atoms. The van der Waals surface area contributed by atoms with Crippen molar-refractivity contribution in [2.45, 2.75) is 24.9 Å². The maximum absolute atomic E-state index is 13.4. The number of anilines is 1. The number of ketones is 1. The summed E-state index contributed by atoms with van der Waals surface area (Å²) >= 11 is 5.94. The zero-order valence-electron chi connectivity index (χ0n) is 15.4. The third-order valence-electron chi connectivity index (χ3n) is 6.33. The highest BCUT2D eigenvalue weighted by molar-refractivity contribution is 6.30. The number of amides is 2. The van der Waals surface area contributed by atoms with Crippen LogP contribution in [-0.2, 0) is 9.59 Å². The van der Waals surface area contributed by atoms with E-state index < -0.39 is 23.7 Å². The molecule has 0 aliphatic carbocycles. The molecule has 2 aromatic carbocycles. The van der Waals surface area contributed by atoms with Crippen LogP contribution in [0.3, 0.4) is 0 Å². The van der Waals surface area contributed by atoms with Crippen LogP contribution < -0.4 is 4.90 Å². The Morgan fingerprint density at radius 1 is 0.966 bits per heavy atom. The molecule has 5 nitrogen and oxygen atoms in total. The smallest absolute Gasteiger partial charge is 0.239 e. The average Bonchev–Trinajstić information content (AvgIpc) is 3.35. The van der Waals surface area contributed by atoms with E-state index in [-0.39, 0.29) is 23.6 Å². The van der Waals surface area contributed by atoms with Crippen LogP contribution in [0.2, 0.25) is 5.02 Å². The van der Waals surface area contributed by atoms with Crippen molar-refractivity contribution in [2.75, 3.05) is 11.4 Å². The first-order valence-electron chi connectivity index (χ1n) is 9.66. The summed E-state index contributed by atoms with van der Waals surface area (Å²) in [5.74, 6) is -2.55. The predicted molar refractivity (Wildman–Crippen MR) is 105 cm³/mol. The molecule has 0 saturated carbocycles. The number of carbonyl (C=O) groups is 3. The third kappa shape index (κ3) is 2.74. The largest absolute Gasteiger partial charge is 0.292 e. The summed E-state index contributed by atoms with van der Waals surface area (Å²) in [7, 11) is 0. The second-order valence-electron chi connectivity index (χ2n) is 7.80. The van der Waals surface area contributed by atoms with Gasteiger partial charge in [0, 0.05) is 16.6 Å². The Hall–Kier alpha value is -2.57. The first-order chi connectivity index (χ1) is 14.0. The van der Waals surface area contributed by atoms with Crippen LogP contribution in [0, 0.1) is 17.7 Å². The van der Waals surface area contributed by atoms with Crippen LogP contribution in [-0.4, -0.2) is 41.1 Å². The van der Waals surface area contributed by atoms with Crippen molar-refractivity contribution in [3.05, 3.63) is 64.9 Å². The van der Waals surface area contributed by atoms with Crippen molar-refractivity contribution in [3.8, 4) is 0 Å². The van der Waals surface area contributed by atoms with Gasteiger partial charge < -0.3 is 0 Å². The fourth-order valence-corrected chi connectivity index (χ4v) is 5.27. The predicted octanol–water partition coefficient (Wildman–Crippen LogP) is 3.31. The molecule has 3 fully saturated rings. The number of hydrogen-bond donors (Lipinski definition) is 0. The molecule has 2 aromatic rings. The van der Waals surface area contributed by atoms with Crippen LogP contribution >= 0.6 is 11.6 Å². The minimum atomic E-state index is -0.721. The SMILES string of the molecule is O=C(c1ccc(Cl)cc1)[C@@H]1[C@@H]2C(=O)N(c3ccc(F)cc3)C(=O)[C@H]2[C@@H]2CCCN12. The van der Waals surface area contributed by atoms with Crippen LogP contribution in [0.4, 0.5) is 10.1 Å². The van der Waals surface area contributed by atoms with E-state index in [4.69, 9.17) is 11.6 Å². The van der Waals surface area contributed by atoms with E-state index in [1.54, 1.807) is 24.3 Å². The minimum absolute atomic E-state index is 0.122. The number of rotatable bonds is 3. The summed E-state index contributed by atoms with van der Waals surface area (Å²) in [6.07, 6.45) is 1.66. The number of imide groups is 1. The van der Waals surface area contributed by atoms with Crippen LogP contribution in [0.15, 0.2) is 48.5 Å². The van der Waals surface area contributed by atoms with Crippen LogP contribution in [0.5, 0.6) is 0 Å². The maximum Gasteiger partial charge on any atom is 0.239 e. The number of carbonyl (C=O) groups excluding carboxylic acids is 3. The van der Waals surface area contributed by atoms with Crippen molar-refractivity contribution in [1.82, 2.24) is 4.90 Å². The Labute approximate surface area is 172 Å². The van der Waals surface area contributed by atoms with Gasteiger partial charge in [0.2, 0.25) is 11.8 Å². The molecule has 29 heavy (non-hydrogen) atoms. The highest BCUT2D eigenvalue weighted by atomic mass is 35.5. The second-order valence-corrected chi connectivity index (χ2v) is 8.24. The number of nitrogens with zero attached hydrogens (tertiary/aromatic N) is 2. The van der Waals surface area contributed by atoms with Gasteiger partial charge in [-0.05, 0) is 67.9 Å². The standard InChI is InChI=1S/C22H18ClFN2O3/c23-13-5-3-12(4-6-13)20(27)19-18-17(16-2-1-11-25(16)19)21(28)26(22(18)29)15-9-7-14(24)8-10-15/h3-10,16-19H,1-2,11H2/t16-,17-,18+,19-/m0/s1. The summed E-state index contributed by atoms with van der Waals surface area (Å²) in [4.78, 5) is 43.1. The summed E-state index contributed by atoms with van der Waals surface area (Å²) in [5, 5.41) is 0.527. The van der Waals surface area contributed by atoms with Gasteiger partial charge in [-0.2, -0.15) is 0 Å². The molecule has 3 saturated heterocycles. The van der Waals surface area contributed by atoms with Gasteiger partial charge in [0.25, 0.3) is 0 Å². The van der Waals surface area contributed by atoms with Crippen molar-refractivity contribution in [2.24, 2.45) is 11.8 Å². The van der Waals surface area contributed by atoms with Gasteiger partial charge in [0.05, 0.1) is 23.6 Å². The fourth-order valence-electron chi connectivity index (χ4n) is 5.14. The number of halogens is 2. The molecule has 0 radical (unpaired) electrons. The number of benzene rings is 2. The van der Waals surface area contributed by atoms with Crippen molar-refractivity contribution in [3.63, 3.8) is 0 Å². The van der Waals surface area contributed by atoms with Gasteiger partial charge in [-0.1, -0.05) is 11.6 Å². The van der Waals surface area contributed by atoms with Crippen LogP contribution in [0.1, 0.15) is 23.2 Å². The molecule has 7 heteroatoms. The average molecular weight is 413 g/mol. The van der Waals surface area contributed by atoms with Gasteiger partial charge in [-0.15, -0.1) is 0 Å². The highest BCUT2D eigenvalue weighted by Gasteiger charge is 2.64. The molecular formula is C22H18ClFN2O3. The Bertz CT molecular complexity index is 1010. The van der Waals surface area contributed by atoms with Gasteiger partial charge in [-0.25, -0.2) is 9.29 Å². The van der Waals surface area contributed by atoms with E-state index >= 15 is 0 Å². The second kappa shape index (κ2) is 6.75. The molecular weight excluding hydrogens is 395 g/mol. The molecule has 0 aromatic heterocycles. The van der Waals surface area contributed by atoms with E-state index in [0.717, 1.165) is 17.7 Å². The molecule has 0 unspecified atom stereocenters. The van der Waals surface area contributed by atoms with E-state index in [1.807, 2.05) is 4.90 Å². The lowest BCUT2D eigenvalue weighted by atomic mass is 9.85. The molecule has 3 aliphatic heterocycles. The van der Waals surface area contributed by atoms with Gasteiger partial charge in [-0.3, -0.25) is 19.3 Å². The summed E-state index contributed by atoms with van der Waals surface area (Å²) < 4.78 is 13.3. The lowest BCUT2D eigenvalue weighted by Gasteiger charge is -2.27. The van der Waals surface area contributed by atoms with E-state index in [9.17, 15) is 18.8 Å². The summed E-state index contributed by atoms with van der Waals surface area (Å²) in [6.45, 7) is 0.693. The normalized spacial score (nSPS) is 28.7. The van der Waals surface area contributed by atoms with E-state index in [1.165, 1.54) is 24.3 Å². The molecule has 0 spiro atoms. The molecule has 3 heterocycles. The lowest BCUT2D eigenvalue weighted by molar-refractivity contribution is -0.123. The van der Waals surface area contributed by atoms with Crippen molar-refractivity contribution >= 4 is 34.9 Å². The van der Waals surface area contributed by atoms with Gasteiger partial charge >= 0.3 is 0 Å². The first-order valence-corrected chi connectivity index (χ1v) is 10.0. The number of hydrogen-bond acceptors (Lipinski definition) is 4. The zero-order chi connectivity index (χ0) is 20.3. The summed E-state index contributed by atoms with van der Waals surface area (Å²) in [6, 6.07) is 11.1. The van der Waals surface area contributed by atoms with E-state index in [0.29, 0.717) is 22.8 Å². The Morgan fingerprint density at radius 3 is 2.31 bits per heavy atom. The van der Waals surface area contributed by atoms with Gasteiger partial charge in [0.1, 0.15) is 5.82 Å². The monoisotopic (exact) mass is 412 g/mol. The van der Waals surface area contributed by atoms with Crippen LogP contribution in [0.25, 0.3) is 0 Å². The Balaban J connectivity index is 1.54. The molecule has 4 atom stereocenters. The Kier molecular flexibility index (Phi) is 4.29. The molecule has 5 rings (SSSR count). The fraction of sp³-hybridized carbons (Fsp3) is 0.318. The summed E-state index contributed by atoms with van der Waals surface area (Å²) in [5.41, 5.74) is 0.823.